The maximum Gasteiger partial charge on any atom is 0.0994 e. The second-order valence-electron chi connectivity index (χ2n) is 3.85. The Morgan fingerprint density at radius 3 is 2.81 bits per heavy atom. The number of hydrogen-bond donors (Lipinski definition) is 1. The van der Waals surface area contributed by atoms with Crippen LogP contribution in [0.4, 0.5) is 0 Å². The highest BCUT2D eigenvalue weighted by Crippen LogP contribution is 2.15. The molecule has 0 atom stereocenters. The molecule has 84 valence electrons. The van der Waals surface area contributed by atoms with E-state index in [1.165, 1.54) is 0 Å². The fourth-order valence-corrected chi connectivity index (χ4v) is 1.81. The van der Waals surface area contributed by atoms with Crippen molar-refractivity contribution in [1.29, 1.82) is 0 Å². The van der Waals surface area contributed by atoms with E-state index in [1.54, 1.807) is 0 Å². The van der Waals surface area contributed by atoms with Gasteiger partial charge in [-0.25, -0.2) is 4.98 Å². The predicted molar refractivity (Wildman–Crippen MR) is 63.6 cm³/mol. The zero-order chi connectivity index (χ0) is 11.5. The zero-order valence-electron chi connectivity index (χ0n) is 9.64. The van der Waals surface area contributed by atoms with Gasteiger partial charge in [0.05, 0.1) is 17.7 Å². The summed E-state index contributed by atoms with van der Waals surface area (Å²) in [5.74, 6) is 0. The lowest BCUT2D eigenvalue weighted by Crippen LogP contribution is -2.08. The first-order valence-corrected chi connectivity index (χ1v) is 5.38. The summed E-state index contributed by atoms with van der Waals surface area (Å²) in [6.07, 6.45) is 4.49. The minimum atomic E-state index is 0.629. The van der Waals surface area contributed by atoms with Crippen LogP contribution in [0.5, 0.6) is 0 Å². The van der Waals surface area contributed by atoms with Gasteiger partial charge in [0.1, 0.15) is 0 Å². The molecule has 2 heterocycles. The van der Waals surface area contributed by atoms with Crippen LogP contribution in [0, 0.1) is 13.8 Å². The summed E-state index contributed by atoms with van der Waals surface area (Å²) in [7, 11) is 0. The van der Waals surface area contributed by atoms with Crippen molar-refractivity contribution in [2.24, 2.45) is 5.73 Å². The van der Waals surface area contributed by atoms with Crippen LogP contribution in [0.15, 0.2) is 24.7 Å². The second kappa shape index (κ2) is 4.45. The van der Waals surface area contributed by atoms with Crippen molar-refractivity contribution in [3.8, 4) is 5.69 Å². The Kier molecular flexibility index (Phi) is 3.01. The molecule has 0 spiro atoms. The van der Waals surface area contributed by atoms with E-state index in [9.17, 15) is 0 Å². The fraction of sp³-hybridized carbons (Fsp3) is 0.333. The third-order valence-electron chi connectivity index (χ3n) is 2.57. The molecule has 0 saturated carbocycles. The standard InChI is InChI=1S/C12H16N4/c1-9-3-4-12(10(2)15-9)16-8-14-7-11(16)5-6-13/h3-4,7-8H,5-6,13H2,1-2H3. The van der Waals surface area contributed by atoms with Gasteiger partial charge in [0.2, 0.25) is 0 Å². The van der Waals surface area contributed by atoms with E-state index >= 15 is 0 Å². The van der Waals surface area contributed by atoms with Crippen LogP contribution < -0.4 is 5.73 Å². The number of aromatic nitrogens is 3. The van der Waals surface area contributed by atoms with Gasteiger partial charge >= 0.3 is 0 Å². The van der Waals surface area contributed by atoms with Crippen LogP contribution in [-0.4, -0.2) is 21.1 Å². The van der Waals surface area contributed by atoms with Crippen LogP contribution in [-0.2, 0) is 6.42 Å². The van der Waals surface area contributed by atoms with E-state index in [0.29, 0.717) is 6.54 Å². The average molecular weight is 216 g/mol. The van der Waals surface area contributed by atoms with E-state index < -0.39 is 0 Å². The van der Waals surface area contributed by atoms with Gasteiger partial charge in [0.15, 0.2) is 0 Å². The molecule has 0 aromatic carbocycles. The monoisotopic (exact) mass is 216 g/mol. The van der Waals surface area contributed by atoms with Crippen molar-refractivity contribution in [3.05, 3.63) is 41.7 Å². The SMILES string of the molecule is Cc1ccc(-n2cncc2CCN)c(C)n1. The highest BCUT2D eigenvalue weighted by Gasteiger charge is 2.06. The van der Waals surface area contributed by atoms with E-state index in [0.717, 1.165) is 29.2 Å². The zero-order valence-corrected chi connectivity index (χ0v) is 9.64. The topological polar surface area (TPSA) is 56.7 Å². The third kappa shape index (κ3) is 1.97. The number of aryl methyl sites for hydroxylation is 2. The normalized spacial score (nSPS) is 10.7. The Bertz CT molecular complexity index is 488. The number of pyridine rings is 1. The van der Waals surface area contributed by atoms with Gasteiger partial charge < -0.3 is 10.3 Å². The molecule has 0 bridgehead atoms. The van der Waals surface area contributed by atoms with Crippen molar-refractivity contribution < 1.29 is 0 Å². The first-order chi connectivity index (χ1) is 7.72. The predicted octanol–water partition coefficient (Wildman–Crippen LogP) is 1.39. The molecule has 2 N–H and O–H groups in total. The fourth-order valence-electron chi connectivity index (χ4n) is 1.81. The Morgan fingerprint density at radius 2 is 2.12 bits per heavy atom. The van der Waals surface area contributed by atoms with Gasteiger partial charge in [-0.15, -0.1) is 0 Å². The molecular weight excluding hydrogens is 200 g/mol. The van der Waals surface area contributed by atoms with Gasteiger partial charge in [0.25, 0.3) is 0 Å². The summed E-state index contributed by atoms with van der Waals surface area (Å²) in [4.78, 5) is 8.61. The number of nitrogens with two attached hydrogens (primary N) is 1. The maximum absolute atomic E-state index is 5.57. The summed E-state index contributed by atoms with van der Waals surface area (Å²) in [6.45, 7) is 4.63. The van der Waals surface area contributed by atoms with Crippen molar-refractivity contribution in [2.75, 3.05) is 6.54 Å². The van der Waals surface area contributed by atoms with Crippen molar-refractivity contribution in [3.63, 3.8) is 0 Å². The first-order valence-electron chi connectivity index (χ1n) is 5.38. The van der Waals surface area contributed by atoms with Gasteiger partial charge in [-0.2, -0.15) is 0 Å². The lowest BCUT2D eigenvalue weighted by atomic mass is 10.2. The number of hydrogen-bond acceptors (Lipinski definition) is 3. The molecule has 4 heteroatoms. The molecule has 0 amide bonds. The summed E-state index contributed by atoms with van der Waals surface area (Å²) in [5.41, 5.74) is 9.81. The lowest BCUT2D eigenvalue weighted by Gasteiger charge is -2.10. The van der Waals surface area contributed by atoms with Crippen molar-refractivity contribution in [1.82, 2.24) is 14.5 Å². The summed E-state index contributed by atoms with van der Waals surface area (Å²) >= 11 is 0. The summed E-state index contributed by atoms with van der Waals surface area (Å²) < 4.78 is 2.05. The molecule has 2 rings (SSSR count). The van der Waals surface area contributed by atoms with Gasteiger partial charge in [-0.1, -0.05) is 0 Å². The molecular formula is C12H16N4. The highest BCUT2D eigenvalue weighted by atomic mass is 15.1. The molecule has 0 unspecified atom stereocenters. The molecule has 0 fully saturated rings. The van der Waals surface area contributed by atoms with Crippen LogP contribution in [0.3, 0.4) is 0 Å². The molecule has 0 saturated heterocycles. The largest absolute Gasteiger partial charge is 0.330 e. The number of imidazole rings is 1. The maximum atomic E-state index is 5.57. The van der Waals surface area contributed by atoms with E-state index in [2.05, 4.69) is 20.6 Å². The molecule has 0 aliphatic rings. The molecule has 4 nitrogen and oxygen atoms in total. The molecule has 0 radical (unpaired) electrons. The Labute approximate surface area is 95.1 Å². The highest BCUT2D eigenvalue weighted by molar-refractivity contribution is 5.38. The minimum Gasteiger partial charge on any atom is -0.330 e. The number of nitrogens with zero attached hydrogens (tertiary/aromatic N) is 3. The Morgan fingerprint density at radius 1 is 1.31 bits per heavy atom. The van der Waals surface area contributed by atoms with Crippen molar-refractivity contribution in [2.45, 2.75) is 20.3 Å². The third-order valence-corrected chi connectivity index (χ3v) is 2.57. The summed E-state index contributed by atoms with van der Waals surface area (Å²) in [6, 6.07) is 4.08. The Hall–Kier alpha value is -1.68. The molecule has 2 aromatic rings. The lowest BCUT2D eigenvalue weighted by molar-refractivity contribution is 0.862. The van der Waals surface area contributed by atoms with E-state index in [-0.39, 0.29) is 0 Å². The molecule has 16 heavy (non-hydrogen) atoms. The molecule has 0 aliphatic carbocycles. The molecule has 0 aliphatic heterocycles. The molecule has 2 aromatic heterocycles. The summed E-state index contributed by atoms with van der Waals surface area (Å²) in [5, 5.41) is 0. The number of rotatable bonds is 3. The van der Waals surface area contributed by atoms with E-state index in [4.69, 9.17) is 5.73 Å². The second-order valence-corrected chi connectivity index (χ2v) is 3.85. The first kappa shape index (κ1) is 10.8. The van der Waals surface area contributed by atoms with E-state index in [1.807, 2.05) is 32.4 Å². The van der Waals surface area contributed by atoms with Crippen LogP contribution in [0.2, 0.25) is 0 Å². The Balaban J connectivity index is 2.46. The van der Waals surface area contributed by atoms with Crippen LogP contribution in [0.25, 0.3) is 5.69 Å². The smallest absolute Gasteiger partial charge is 0.0994 e. The average Bonchev–Trinajstić information content (AvgIpc) is 2.67. The van der Waals surface area contributed by atoms with Gasteiger partial charge in [-0.3, -0.25) is 4.98 Å². The van der Waals surface area contributed by atoms with Gasteiger partial charge in [0, 0.05) is 24.0 Å². The minimum absolute atomic E-state index is 0.629. The van der Waals surface area contributed by atoms with Crippen molar-refractivity contribution >= 4 is 0 Å². The van der Waals surface area contributed by atoms with Gasteiger partial charge in [-0.05, 0) is 32.5 Å². The quantitative estimate of drug-likeness (QED) is 0.843. The van der Waals surface area contributed by atoms with Crippen LogP contribution in [0.1, 0.15) is 17.1 Å². The van der Waals surface area contributed by atoms with Crippen LogP contribution >= 0.6 is 0 Å².